The second kappa shape index (κ2) is 13.4. The van der Waals surface area contributed by atoms with Gasteiger partial charge in [-0.2, -0.15) is 0 Å². The Bertz CT molecular complexity index is 3320. The Balaban J connectivity index is 1.07. The Morgan fingerprint density at radius 2 is 0.683 bits per heavy atom. The Labute approximate surface area is 371 Å². The molecule has 0 spiro atoms. The first-order chi connectivity index (χ1) is 30.5. The van der Waals surface area contributed by atoms with Gasteiger partial charge in [-0.25, -0.2) is 0 Å². The van der Waals surface area contributed by atoms with Crippen molar-refractivity contribution in [2.24, 2.45) is 0 Å². The van der Waals surface area contributed by atoms with E-state index < -0.39 is 0 Å². The number of fused-ring (bicyclic) bond motifs is 10. The molecule has 2 heteroatoms. The summed E-state index contributed by atoms with van der Waals surface area (Å²) < 4.78 is 0. The van der Waals surface area contributed by atoms with Crippen LogP contribution in [0.4, 0.5) is 34.1 Å². The third-order valence-electron chi connectivity index (χ3n) is 14.8. The zero-order valence-corrected chi connectivity index (χ0v) is 36.9. The summed E-state index contributed by atoms with van der Waals surface area (Å²) >= 11 is 0. The predicted octanol–water partition coefficient (Wildman–Crippen LogP) is 16.7. The molecule has 0 heterocycles. The van der Waals surface area contributed by atoms with Crippen molar-refractivity contribution in [3.63, 3.8) is 0 Å². The van der Waals surface area contributed by atoms with Crippen LogP contribution in [0, 0.1) is 0 Å². The second-order valence-electron chi connectivity index (χ2n) is 19.4. The molecule has 304 valence electrons. The van der Waals surface area contributed by atoms with Crippen LogP contribution >= 0.6 is 0 Å². The summed E-state index contributed by atoms with van der Waals surface area (Å²) in [4.78, 5) is 5.00. The van der Waals surface area contributed by atoms with Crippen molar-refractivity contribution in [2.45, 2.75) is 57.8 Å². The fourth-order valence-corrected chi connectivity index (χ4v) is 11.5. The van der Waals surface area contributed by atoms with Gasteiger partial charge in [0.1, 0.15) is 0 Å². The fraction of sp³-hybridized carbons (Fsp3) is 0.148. The number of rotatable bonds is 6. The van der Waals surface area contributed by atoms with Crippen molar-refractivity contribution >= 4 is 44.9 Å². The molecule has 0 amide bonds. The van der Waals surface area contributed by atoms with E-state index in [-0.39, 0.29) is 16.2 Å². The summed E-state index contributed by atoms with van der Waals surface area (Å²) in [6.45, 7) is 14.3. The molecule has 0 fully saturated rings. The SMILES string of the molecule is CC1(C)c2ccccc2-c2ccc(N(c3ccccc3)c3ccc4c(c3)C(C)(C)c3cc5ccccc5c(N(c5ccccc5)c5ccc6c(c5)C(C)(C)c5ccccc5-6)c3-4)cc21. The number of para-hydroxylation sites is 2. The standard InChI is InChI=1S/C61H50N2/c1-59(2)51-27-17-15-25-46(51)48-32-29-42(36-53(48)59)62(40-20-9-7-10-21-40)43-31-34-50-55(37-43)61(5,6)56-35-39-19-13-14-24-45(39)58(57(50)56)63(41-22-11-8-12-23-41)44-30-33-49-47-26-16-18-28-52(47)60(3,4)54(49)38-44/h7-38H,1-6H3. The first kappa shape index (κ1) is 37.6. The molecular formula is C61H50N2. The number of hydrogen-bond donors (Lipinski definition) is 0. The van der Waals surface area contributed by atoms with E-state index in [0.717, 1.165) is 22.7 Å². The molecule has 0 aromatic heterocycles. The average molecular weight is 811 g/mol. The van der Waals surface area contributed by atoms with Crippen LogP contribution in [0.1, 0.15) is 74.9 Å². The highest BCUT2D eigenvalue weighted by molar-refractivity contribution is 6.10. The molecule has 0 N–H and O–H groups in total. The van der Waals surface area contributed by atoms with Crippen molar-refractivity contribution in [1.82, 2.24) is 0 Å². The van der Waals surface area contributed by atoms with E-state index in [4.69, 9.17) is 0 Å². The molecule has 0 unspecified atom stereocenters. The van der Waals surface area contributed by atoms with Crippen LogP contribution in [0.15, 0.2) is 194 Å². The second-order valence-corrected chi connectivity index (χ2v) is 19.4. The summed E-state index contributed by atoms with van der Waals surface area (Å²) in [6.07, 6.45) is 0. The maximum Gasteiger partial charge on any atom is 0.0621 e. The van der Waals surface area contributed by atoms with Gasteiger partial charge in [0.25, 0.3) is 0 Å². The molecule has 0 aliphatic heterocycles. The van der Waals surface area contributed by atoms with Gasteiger partial charge in [-0.1, -0.05) is 169 Å². The third-order valence-corrected chi connectivity index (χ3v) is 14.8. The van der Waals surface area contributed by atoms with Crippen molar-refractivity contribution in [3.05, 3.63) is 228 Å². The Hall–Kier alpha value is -7.16. The number of hydrogen-bond acceptors (Lipinski definition) is 2. The number of nitrogens with zero attached hydrogens (tertiary/aromatic N) is 2. The summed E-state index contributed by atoms with van der Waals surface area (Å²) in [5.74, 6) is 0. The van der Waals surface area contributed by atoms with Crippen LogP contribution in [0.3, 0.4) is 0 Å². The molecule has 2 nitrogen and oxygen atoms in total. The zero-order chi connectivity index (χ0) is 42.8. The van der Waals surface area contributed by atoms with E-state index in [0.29, 0.717) is 0 Å². The third kappa shape index (κ3) is 5.37. The van der Waals surface area contributed by atoms with E-state index in [9.17, 15) is 0 Å². The normalized spacial score (nSPS) is 15.2. The maximum atomic E-state index is 2.54. The monoisotopic (exact) mass is 810 g/mol. The molecule has 3 aliphatic rings. The first-order valence-electron chi connectivity index (χ1n) is 22.4. The molecule has 0 bridgehead atoms. The lowest BCUT2D eigenvalue weighted by Gasteiger charge is -2.31. The first-order valence-corrected chi connectivity index (χ1v) is 22.4. The van der Waals surface area contributed by atoms with Crippen LogP contribution < -0.4 is 9.80 Å². The van der Waals surface area contributed by atoms with Crippen molar-refractivity contribution in [1.29, 1.82) is 0 Å². The predicted molar refractivity (Wildman–Crippen MR) is 266 cm³/mol. The summed E-state index contributed by atoms with van der Waals surface area (Å²) in [7, 11) is 0. The quantitative estimate of drug-likeness (QED) is 0.165. The van der Waals surface area contributed by atoms with Gasteiger partial charge in [0.2, 0.25) is 0 Å². The highest BCUT2D eigenvalue weighted by Gasteiger charge is 2.41. The van der Waals surface area contributed by atoms with E-state index in [1.165, 1.54) is 88.9 Å². The van der Waals surface area contributed by atoms with Crippen LogP contribution in [0.2, 0.25) is 0 Å². The molecule has 63 heavy (non-hydrogen) atoms. The lowest BCUT2D eigenvalue weighted by molar-refractivity contribution is 0.660. The maximum absolute atomic E-state index is 2.54. The van der Waals surface area contributed by atoms with E-state index >= 15 is 0 Å². The topological polar surface area (TPSA) is 6.48 Å². The highest BCUT2D eigenvalue weighted by atomic mass is 15.2. The van der Waals surface area contributed by atoms with Gasteiger partial charge in [-0.3, -0.25) is 0 Å². The minimum atomic E-state index is -0.284. The molecule has 12 rings (SSSR count). The van der Waals surface area contributed by atoms with Gasteiger partial charge in [0.05, 0.1) is 5.69 Å². The fourth-order valence-electron chi connectivity index (χ4n) is 11.5. The van der Waals surface area contributed by atoms with Crippen molar-refractivity contribution in [2.75, 3.05) is 9.80 Å². The molecule has 3 aliphatic carbocycles. The van der Waals surface area contributed by atoms with Gasteiger partial charge in [-0.05, 0) is 133 Å². The van der Waals surface area contributed by atoms with Gasteiger partial charge in [0, 0.05) is 55.6 Å². The average Bonchev–Trinajstić information content (AvgIpc) is 3.79. The van der Waals surface area contributed by atoms with E-state index in [1.807, 2.05) is 0 Å². The Morgan fingerprint density at radius 3 is 1.24 bits per heavy atom. The van der Waals surface area contributed by atoms with Gasteiger partial charge < -0.3 is 9.80 Å². The van der Waals surface area contributed by atoms with Crippen molar-refractivity contribution < 1.29 is 0 Å². The molecule has 0 saturated heterocycles. The number of benzene rings is 9. The zero-order valence-electron chi connectivity index (χ0n) is 36.9. The van der Waals surface area contributed by atoms with Crippen LogP contribution in [-0.4, -0.2) is 0 Å². The van der Waals surface area contributed by atoms with Gasteiger partial charge in [0.15, 0.2) is 0 Å². The van der Waals surface area contributed by atoms with Crippen LogP contribution in [0.25, 0.3) is 44.2 Å². The van der Waals surface area contributed by atoms with E-state index in [2.05, 4.69) is 245 Å². The number of anilines is 6. The molecular weight excluding hydrogens is 761 g/mol. The van der Waals surface area contributed by atoms with Crippen LogP contribution in [0.5, 0.6) is 0 Å². The van der Waals surface area contributed by atoms with Gasteiger partial charge >= 0.3 is 0 Å². The molecule has 0 atom stereocenters. The summed E-state index contributed by atoms with van der Waals surface area (Å²) in [5.41, 5.74) is 22.6. The molecule has 9 aromatic rings. The molecule has 9 aromatic carbocycles. The smallest absolute Gasteiger partial charge is 0.0621 e. The minimum absolute atomic E-state index is 0.104. The molecule has 0 saturated carbocycles. The highest BCUT2D eigenvalue weighted by Crippen LogP contribution is 2.59. The Morgan fingerprint density at radius 1 is 0.286 bits per heavy atom. The largest absolute Gasteiger partial charge is 0.310 e. The summed E-state index contributed by atoms with van der Waals surface area (Å²) in [6, 6.07) is 72.7. The van der Waals surface area contributed by atoms with Crippen molar-refractivity contribution in [3.8, 4) is 33.4 Å². The minimum Gasteiger partial charge on any atom is -0.310 e. The summed E-state index contributed by atoms with van der Waals surface area (Å²) in [5, 5.41) is 2.48. The van der Waals surface area contributed by atoms with Crippen LogP contribution in [-0.2, 0) is 16.2 Å². The Kier molecular flexibility index (Phi) is 8.01. The lowest BCUT2D eigenvalue weighted by Crippen LogP contribution is -2.18. The van der Waals surface area contributed by atoms with Gasteiger partial charge in [-0.15, -0.1) is 0 Å². The molecule has 0 radical (unpaired) electrons. The lowest BCUT2D eigenvalue weighted by atomic mass is 9.81. The van der Waals surface area contributed by atoms with E-state index in [1.54, 1.807) is 0 Å².